The number of carbonyl (C=O) groups is 2. The molecule has 5 nitrogen and oxygen atoms in total. The Labute approximate surface area is 131 Å². The Kier molecular flexibility index (Phi) is 5.55. The van der Waals surface area contributed by atoms with Gasteiger partial charge in [-0.15, -0.1) is 0 Å². The van der Waals surface area contributed by atoms with Gasteiger partial charge in [0.1, 0.15) is 12.4 Å². The molecule has 0 spiro atoms. The van der Waals surface area contributed by atoms with E-state index in [2.05, 4.69) is 0 Å². The zero-order valence-electron chi connectivity index (χ0n) is 13.3. The number of Topliss-reactive ketones (excluding diaryl/α,β-unsaturated/α-hetero) is 1. The summed E-state index contributed by atoms with van der Waals surface area (Å²) in [7, 11) is 0. The molecule has 0 aliphatic carbocycles. The van der Waals surface area contributed by atoms with Gasteiger partial charge >= 0.3 is 6.09 Å². The van der Waals surface area contributed by atoms with Gasteiger partial charge < -0.3 is 14.4 Å². The quantitative estimate of drug-likeness (QED) is 0.839. The molecule has 2 unspecified atom stereocenters. The maximum absolute atomic E-state index is 12.2. The summed E-state index contributed by atoms with van der Waals surface area (Å²) in [5, 5.41) is 0. The second-order valence-corrected chi connectivity index (χ2v) is 5.89. The summed E-state index contributed by atoms with van der Waals surface area (Å²) in [5.41, 5.74) is 0.938. The summed E-state index contributed by atoms with van der Waals surface area (Å²) in [6.07, 6.45) is -0.626. The van der Waals surface area contributed by atoms with Crippen LogP contribution >= 0.6 is 0 Å². The average molecular weight is 305 g/mol. The number of hydrogen-bond acceptors (Lipinski definition) is 4. The third kappa shape index (κ3) is 4.31. The van der Waals surface area contributed by atoms with Gasteiger partial charge in [-0.1, -0.05) is 30.3 Å². The van der Waals surface area contributed by atoms with Crippen molar-refractivity contribution >= 4 is 11.9 Å². The normalized spacial score (nSPS) is 21.2. The molecule has 1 aliphatic rings. The van der Waals surface area contributed by atoms with Crippen LogP contribution in [0.1, 0.15) is 26.3 Å². The van der Waals surface area contributed by atoms with Crippen molar-refractivity contribution in [1.82, 2.24) is 4.90 Å². The molecular weight excluding hydrogens is 282 g/mol. The van der Waals surface area contributed by atoms with Crippen LogP contribution in [0.4, 0.5) is 4.79 Å². The number of rotatable bonds is 5. The predicted octanol–water partition coefficient (Wildman–Crippen LogP) is 2.64. The molecule has 1 heterocycles. The highest BCUT2D eigenvalue weighted by molar-refractivity contribution is 5.81. The van der Waals surface area contributed by atoms with E-state index < -0.39 is 6.09 Å². The third-order valence-electron chi connectivity index (χ3n) is 3.70. The van der Waals surface area contributed by atoms with Crippen molar-refractivity contribution in [2.24, 2.45) is 5.92 Å². The minimum Gasteiger partial charge on any atom is -0.445 e. The number of hydrogen-bond donors (Lipinski definition) is 0. The molecule has 2 atom stereocenters. The molecule has 22 heavy (non-hydrogen) atoms. The van der Waals surface area contributed by atoms with Gasteiger partial charge in [0.25, 0.3) is 0 Å². The minimum atomic E-state index is -0.398. The molecule has 1 aromatic carbocycles. The molecule has 120 valence electrons. The summed E-state index contributed by atoms with van der Waals surface area (Å²) in [5.74, 6) is -0.226. The minimum absolute atomic E-state index is 0.0205. The zero-order valence-corrected chi connectivity index (χ0v) is 13.3. The lowest BCUT2D eigenvalue weighted by atomic mass is 10.0. The van der Waals surface area contributed by atoms with E-state index in [1.54, 1.807) is 11.8 Å². The summed E-state index contributed by atoms with van der Waals surface area (Å²) in [6, 6.07) is 9.52. The first-order chi connectivity index (χ1) is 10.5. The Balaban J connectivity index is 1.91. The fraction of sp³-hybridized carbons (Fsp3) is 0.529. The van der Waals surface area contributed by atoms with E-state index in [4.69, 9.17) is 9.47 Å². The summed E-state index contributed by atoms with van der Waals surface area (Å²) < 4.78 is 11.1. The second-order valence-electron chi connectivity index (χ2n) is 5.89. The lowest BCUT2D eigenvalue weighted by Gasteiger charge is -2.19. The number of likely N-dealkylation sites (tertiary alicyclic amines) is 1. The highest BCUT2D eigenvalue weighted by Crippen LogP contribution is 2.23. The van der Waals surface area contributed by atoms with Gasteiger partial charge in [0.2, 0.25) is 0 Å². The first-order valence-corrected chi connectivity index (χ1v) is 7.59. The summed E-state index contributed by atoms with van der Waals surface area (Å²) in [6.45, 7) is 6.38. The zero-order chi connectivity index (χ0) is 16.1. The third-order valence-corrected chi connectivity index (χ3v) is 3.70. The smallest absolute Gasteiger partial charge is 0.410 e. The van der Waals surface area contributed by atoms with Crippen LogP contribution in [-0.4, -0.2) is 42.1 Å². The number of benzene rings is 1. The largest absolute Gasteiger partial charge is 0.445 e. The van der Waals surface area contributed by atoms with Crippen LogP contribution in [0.25, 0.3) is 0 Å². The second kappa shape index (κ2) is 7.40. The van der Waals surface area contributed by atoms with Gasteiger partial charge in [-0.3, -0.25) is 4.79 Å². The van der Waals surface area contributed by atoms with Crippen molar-refractivity contribution in [3.8, 4) is 0 Å². The summed E-state index contributed by atoms with van der Waals surface area (Å²) in [4.78, 5) is 25.4. The Bertz CT molecular complexity index is 515. The maximum atomic E-state index is 12.2. The van der Waals surface area contributed by atoms with E-state index in [0.717, 1.165) is 5.56 Å². The van der Waals surface area contributed by atoms with E-state index in [-0.39, 0.29) is 30.5 Å². The molecule has 1 aliphatic heterocycles. The molecule has 2 rings (SSSR count). The number of carbonyl (C=O) groups excluding carboxylic acids is 2. The number of ether oxygens (including phenoxy) is 2. The summed E-state index contributed by atoms with van der Waals surface area (Å²) >= 11 is 0. The van der Waals surface area contributed by atoms with E-state index in [1.165, 1.54) is 0 Å². The Hall–Kier alpha value is -1.88. The average Bonchev–Trinajstić information content (AvgIpc) is 2.89. The van der Waals surface area contributed by atoms with Crippen molar-refractivity contribution in [3.05, 3.63) is 35.9 Å². The molecule has 0 radical (unpaired) electrons. The molecule has 5 heteroatoms. The van der Waals surface area contributed by atoms with E-state index in [0.29, 0.717) is 13.1 Å². The van der Waals surface area contributed by atoms with Gasteiger partial charge in [0.05, 0.1) is 24.7 Å². The van der Waals surface area contributed by atoms with Gasteiger partial charge in [-0.25, -0.2) is 4.79 Å². The molecule has 1 amide bonds. The number of ketones is 1. The highest BCUT2D eigenvalue weighted by Gasteiger charge is 2.39. The van der Waals surface area contributed by atoms with Crippen LogP contribution in [0.5, 0.6) is 0 Å². The van der Waals surface area contributed by atoms with Crippen molar-refractivity contribution in [2.45, 2.75) is 39.6 Å². The molecular formula is C17H23NO4. The molecule has 0 aromatic heterocycles. The van der Waals surface area contributed by atoms with E-state index >= 15 is 0 Å². The van der Waals surface area contributed by atoms with Crippen LogP contribution in [0, 0.1) is 5.92 Å². The van der Waals surface area contributed by atoms with Crippen LogP contribution in [0.15, 0.2) is 30.3 Å². The molecule has 0 saturated carbocycles. The van der Waals surface area contributed by atoms with Crippen LogP contribution in [0.3, 0.4) is 0 Å². The molecule has 1 fully saturated rings. The Morgan fingerprint density at radius 2 is 1.91 bits per heavy atom. The van der Waals surface area contributed by atoms with Crippen molar-refractivity contribution in [2.75, 3.05) is 13.1 Å². The standard InChI is InChI=1S/C17H23NO4/c1-12(2)22-16-10-18(9-15(16)13(3)19)17(20)21-11-14-7-5-4-6-8-14/h4-8,12,15-16H,9-11H2,1-3H3. The van der Waals surface area contributed by atoms with Gasteiger partial charge in [0, 0.05) is 6.54 Å². The van der Waals surface area contributed by atoms with Crippen LogP contribution in [0.2, 0.25) is 0 Å². The van der Waals surface area contributed by atoms with Gasteiger partial charge in [0.15, 0.2) is 0 Å². The van der Waals surface area contributed by atoms with Crippen LogP contribution < -0.4 is 0 Å². The monoisotopic (exact) mass is 305 g/mol. The highest BCUT2D eigenvalue weighted by atomic mass is 16.6. The number of nitrogens with zero attached hydrogens (tertiary/aromatic N) is 1. The van der Waals surface area contributed by atoms with Crippen LogP contribution in [-0.2, 0) is 20.9 Å². The first-order valence-electron chi connectivity index (χ1n) is 7.59. The molecule has 1 aromatic rings. The predicted molar refractivity (Wildman–Crippen MR) is 82.4 cm³/mol. The molecule has 1 saturated heterocycles. The maximum Gasteiger partial charge on any atom is 0.410 e. The number of amides is 1. The van der Waals surface area contributed by atoms with E-state index in [1.807, 2.05) is 44.2 Å². The topological polar surface area (TPSA) is 55.8 Å². The van der Waals surface area contributed by atoms with E-state index in [9.17, 15) is 9.59 Å². The fourth-order valence-electron chi connectivity index (χ4n) is 2.61. The Morgan fingerprint density at radius 1 is 1.23 bits per heavy atom. The van der Waals surface area contributed by atoms with Crippen molar-refractivity contribution in [1.29, 1.82) is 0 Å². The SMILES string of the molecule is CC(=O)C1CN(C(=O)OCc2ccccc2)CC1OC(C)C. The van der Waals surface area contributed by atoms with Gasteiger partial charge in [-0.2, -0.15) is 0 Å². The Morgan fingerprint density at radius 3 is 2.50 bits per heavy atom. The van der Waals surface area contributed by atoms with Crippen molar-refractivity contribution in [3.63, 3.8) is 0 Å². The fourth-order valence-corrected chi connectivity index (χ4v) is 2.61. The van der Waals surface area contributed by atoms with Crippen molar-refractivity contribution < 1.29 is 19.1 Å². The molecule has 0 N–H and O–H groups in total. The lowest BCUT2D eigenvalue weighted by molar-refractivity contribution is -0.124. The molecule has 0 bridgehead atoms. The van der Waals surface area contributed by atoms with Gasteiger partial charge in [-0.05, 0) is 26.3 Å². The first kappa shape index (κ1) is 16.5. The lowest BCUT2D eigenvalue weighted by Crippen LogP contribution is -2.31.